The third-order valence-electron chi connectivity index (χ3n) is 2.84. The summed E-state index contributed by atoms with van der Waals surface area (Å²) in [5, 5.41) is 11.8. The molecule has 1 saturated heterocycles. The number of oxime groups is 1. The van der Waals surface area contributed by atoms with Crippen molar-refractivity contribution in [2.24, 2.45) is 10.9 Å². The van der Waals surface area contributed by atoms with E-state index in [2.05, 4.69) is 10.1 Å². The van der Waals surface area contributed by atoms with Crippen molar-refractivity contribution in [3.63, 3.8) is 0 Å². The Morgan fingerprint density at radius 2 is 2.39 bits per heavy atom. The molecule has 0 bridgehead atoms. The lowest BCUT2D eigenvalue weighted by Crippen LogP contribution is -2.22. The van der Waals surface area contributed by atoms with Crippen molar-refractivity contribution in [1.82, 2.24) is 4.98 Å². The van der Waals surface area contributed by atoms with Crippen LogP contribution in [0.3, 0.4) is 0 Å². The van der Waals surface area contributed by atoms with Gasteiger partial charge in [-0.2, -0.15) is 0 Å². The zero-order chi connectivity index (χ0) is 13.1. The van der Waals surface area contributed by atoms with E-state index in [9.17, 15) is 0 Å². The maximum absolute atomic E-state index is 8.82. The van der Waals surface area contributed by atoms with Gasteiger partial charge in [-0.05, 0) is 13.8 Å². The molecule has 6 nitrogen and oxygen atoms in total. The van der Waals surface area contributed by atoms with E-state index in [0.717, 1.165) is 12.1 Å². The minimum atomic E-state index is 0.00825. The first-order valence-corrected chi connectivity index (χ1v) is 5.82. The SMILES string of the molecule is Cc1cc(OC2CCOC2)c(/C(N)=N/O)c(C)n1. The van der Waals surface area contributed by atoms with Crippen LogP contribution in [0, 0.1) is 13.8 Å². The summed E-state index contributed by atoms with van der Waals surface area (Å²) in [4.78, 5) is 4.29. The Kier molecular flexibility index (Phi) is 3.66. The van der Waals surface area contributed by atoms with Crippen LogP contribution in [-0.4, -0.2) is 35.3 Å². The average molecular weight is 251 g/mol. The minimum Gasteiger partial charge on any atom is -0.487 e. The van der Waals surface area contributed by atoms with E-state index < -0.39 is 0 Å². The zero-order valence-corrected chi connectivity index (χ0v) is 10.5. The van der Waals surface area contributed by atoms with Gasteiger partial charge >= 0.3 is 0 Å². The normalized spacial score (nSPS) is 20.1. The van der Waals surface area contributed by atoms with Crippen LogP contribution < -0.4 is 10.5 Å². The van der Waals surface area contributed by atoms with E-state index in [1.54, 1.807) is 13.0 Å². The van der Waals surface area contributed by atoms with E-state index in [0.29, 0.717) is 30.2 Å². The first-order chi connectivity index (χ1) is 8.61. The summed E-state index contributed by atoms with van der Waals surface area (Å²) in [6.07, 6.45) is 0.854. The molecule has 2 rings (SSSR count). The Hall–Kier alpha value is -1.82. The Labute approximate surface area is 105 Å². The molecule has 1 aromatic rings. The number of amidine groups is 1. The molecule has 6 heteroatoms. The van der Waals surface area contributed by atoms with Gasteiger partial charge in [-0.25, -0.2) is 0 Å². The summed E-state index contributed by atoms with van der Waals surface area (Å²) in [7, 11) is 0. The van der Waals surface area contributed by atoms with Gasteiger partial charge in [0, 0.05) is 18.2 Å². The Bertz CT molecular complexity index is 468. The monoisotopic (exact) mass is 251 g/mol. The summed E-state index contributed by atoms with van der Waals surface area (Å²) in [6.45, 7) is 4.95. The van der Waals surface area contributed by atoms with Crippen molar-refractivity contribution < 1.29 is 14.7 Å². The number of ether oxygens (including phenoxy) is 2. The van der Waals surface area contributed by atoms with E-state index in [1.807, 2.05) is 6.92 Å². The van der Waals surface area contributed by atoms with Crippen LogP contribution in [0.25, 0.3) is 0 Å². The molecule has 0 spiro atoms. The lowest BCUT2D eigenvalue weighted by atomic mass is 10.1. The van der Waals surface area contributed by atoms with Gasteiger partial charge in [0.1, 0.15) is 11.9 Å². The third kappa shape index (κ3) is 2.53. The van der Waals surface area contributed by atoms with Crippen molar-refractivity contribution in [2.75, 3.05) is 13.2 Å². The number of aromatic nitrogens is 1. The second-order valence-electron chi connectivity index (χ2n) is 4.31. The van der Waals surface area contributed by atoms with Crippen LogP contribution in [0.5, 0.6) is 5.75 Å². The summed E-state index contributed by atoms with van der Waals surface area (Å²) in [5.41, 5.74) is 7.72. The largest absolute Gasteiger partial charge is 0.487 e. The quantitative estimate of drug-likeness (QED) is 0.361. The van der Waals surface area contributed by atoms with Crippen molar-refractivity contribution in [3.8, 4) is 5.75 Å². The van der Waals surface area contributed by atoms with Gasteiger partial charge in [-0.3, -0.25) is 4.98 Å². The highest BCUT2D eigenvalue weighted by Gasteiger charge is 2.21. The Morgan fingerprint density at radius 3 is 3.00 bits per heavy atom. The molecule has 3 N–H and O–H groups in total. The third-order valence-corrected chi connectivity index (χ3v) is 2.84. The standard InChI is InChI=1S/C12H17N3O3/c1-7-5-10(18-9-3-4-17-6-9)11(8(2)14-7)12(13)15-16/h5,9,16H,3-4,6H2,1-2H3,(H2,13,15). The molecule has 1 aliphatic rings. The molecule has 98 valence electrons. The molecule has 1 atom stereocenters. The number of rotatable bonds is 3. The van der Waals surface area contributed by atoms with E-state index in [4.69, 9.17) is 20.4 Å². The van der Waals surface area contributed by atoms with Gasteiger partial charge in [0.2, 0.25) is 0 Å². The van der Waals surface area contributed by atoms with Crippen molar-refractivity contribution in [2.45, 2.75) is 26.4 Å². The molecule has 0 aliphatic carbocycles. The summed E-state index contributed by atoms with van der Waals surface area (Å²) in [6, 6.07) is 1.79. The van der Waals surface area contributed by atoms with E-state index >= 15 is 0 Å². The highest BCUT2D eigenvalue weighted by molar-refractivity contribution is 6.00. The van der Waals surface area contributed by atoms with Gasteiger partial charge in [-0.15, -0.1) is 0 Å². The molecule has 18 heavy (non-hydrogen) atoms. The maximum Gasteiger partial charge on any atom is 0.175 e. The molecule has 0 radical (unpaired) electrons. The Morgan fingerprint density at radius 1 is 1.61 bits per heavy atom. The first-order valence-electron chi connectivity index (χ1n) is 5.82. The van der Waals surface area contributed by atoms with Crippen molar-refractivity contribution in [3.05, 3.63) is 23.0 Å². The summed E-state index contributed by atoms with van der Waals surface area (Å²) in [5.74, 6) is 0.597. The van der Waals surface area contributed by atoms with E-state index in [-0.39, 0.29) is 11.9 Å². The predicted molar refractivity (Wildman–Crippen MR) is 66.1 cm³/mol. The lowest BCUT2D eigenvalue weighted by molar-refractivity contribution is 0.141. The molecule has 2 heterocycles. The number of nitrogens with two attached hydrogens (primary N) is 1. The minimum absolute atomic E-state index is 0.00825. The van der Waals surface area contributed by atoms with Gasteiger partial charge < -0.3 is 20.4 Å². The fourth-order valence-corrected chi connectivity index (χ4v) is 2.03. The fraction of sp³-hybridized carbons (Fsp3) is 0.500. The molecule has 0 aromatic carbocycles. The molecule has 1 aromatic heterocycles. The summed E-state index contributed by atoms with van der Waals surface area (Å²) < 4.78 is 11.1. The van der Waals surface area contributed by atoms with E-state index in [1.165, 1.54) is 0 Å². The second-order valence-corrected chi connectivity index (χ2v) is 4.31. The fourth-order valence-electron chi connectivity index (χ4n) is 2.03. The zero-order valence-electron chi connectivity index (χ0n) is 10.5. The smallest absolute Gasteiger partial charge is 0.175 e. The maximum atomic E-state index is 8.82. The lowest BCUT2D eigenvalue weighted by Gasteiger charge is -2.17. The van der Waals surface area contributed by atoms with Crippen molar-refractivity contribution >= 4 is 5.84 Å². The van der Waals surface area contributed by atoms with Crippen LogP contribution >= 0.6 is 0 Å². The molecular weight excluding hydrogens is 234 g/mol. The molecule has 1 unspecified atom stereocenters. The van der Waals surface area contributed by atoms with Crippen LogP contribution in [0.1, 0.15) is 23.4 Å². The summed E-state index contributed by atoms with van der Waals surface area (Å²) >= 11 is 0. The molecule has 0 saturated carbocycles. The number of hydrogen-bond acceptors (Lipinski definition) is 5. The second kappa shape index (κ2) is 5.22. The van der Waals surface area contributed by atoms with Gasteiger partial charge in [0.25, 0.3) is 0 Å². The highest BCUT2D eigenvalue weighted by Crippen LogP contribution is 2.25. The Balaban J connectivity index is 2.36. The predicted octanol–water partition coefficient (Wildman–Crippen LogP) is 0.961. The highest BCUT2D eigenvalue weighted by atomic mass is 16.5. The van der Waals surface area contributed by atoms with Crippen LogP contribution in [0.2, 0.25) is 0 Å². The van der Waals surface area contributed by atoms with Crippen LogP contribution in [-0.2, 0) is 4.74 Å². The first kappa shape index (κ1) is 12.6. The molecule has 1 aliphatic heterocycles. The number of hydrogen-bond donors (Lipinski definition) is 2. The molecule has 0 amide bonds. The molecular formula is C12H17N3O3. The van der Waals surface area contributed by atoms with Gasteiger partial charge in [-0.1, -0.05) is 5.16 Å². The van der Waals surface area contributed by atoms with Gasteiger partial charge in [0.15, 0.2) is 5.84 Å². The number of aryl methyl sites for hydroxylation is 2. The van der Waals surface area contributed by atoms with Gasteiger partial charge in [0.05, 0.1) is 24.5 Å². The van der Waals surface area contributed by atoms with Crippen LogP contribution in [0.15, 0.2) is 11.2 Å². The topological polar surface area (TPSA) is 90.0 Å². The van der Waals surface area contributed by atoms with Crippen LogP contribution in [0.4, 0.5) is 0 Å². The number of nitrogens with zero attached hydrogens (tertiary/aromatic N) is 2. The van der Waals surface area contributed by atoms with Crippen molar-refractivity contribution in [1.29, 1.82) is 0 Å². The molecule has 1 fully saturated rings. The number of pyridine rings is 1. The average Bonchev–Trinajstić information content (AvgIpc) is 2.80.